The second-order valence-electron chi connectivity index (χ2n) is 11.4. The standard InChI is InChI=1S/C38H46N2O5S/c1-5-7-21-43-22-23-44-36-15-11-31(12-16-36)32-13-19-38(45-29(3)4)33(25-32)10-14-35(41)24-30-8-17-37(18-9-30)46(42)27-34-26-39-28-40(34)20-6-2/h8-19,25-26,28-29H,5-7,20-24,27H2,1-4H3/b14-10+. The number of allylic oxidation sites excluding steroid dienone is 1. The van der Waals surface area contributed by atoms with Crippen LogP contribution in [0.2, 0.25) is 0 Å². The first-order chi connectivity index (χ1) is 22.4. The second-order valence-corrected chi connectivity index (χ2v) is 12.9. The van der Waals surface area contributed by atoms with Gasteiger partial charge in [-0.2, -0.15) is 0 Å². The first kappa shape index (κ1) is 34.9. The predicted molar refractivity (Wildman–Crippen MR) is 186 cm³/mol. The maximum absolute atomic E-state index is 13.0. The third-order valence-electron chi connectivity index (χ3n) is 7.25. The molecule has 1 unspecified atom stereocenters. The number of hydrogen-bond acceptors (Lipinski definition) is 6. The molecule has 0 N–H and O–H groups in total. The van der Waals surface area contributed by atoms with Crippen LogP contribution in [0.3, 0.4) is 0 Å². The molecule has 8 heteroatoms. The predicted octanol–water partition coefficient (Wildman–Crippen LogP) is 8.08. The molecule has 244 valence electrons. The van der Waals surface area contributed by atoms with Gasteiger partial charge in [0.2, 0.25) is 0 Å². The molecule has 0 fully saturated rings. The molecule has 3 aromatic carbocycles. The van der Waals surface area contributed by atoms with Crippen molar-refractivity contribution in [2.75, 3.05) is 19.8 Å². The number of ether oxygens (including phenoxy) is 3. The van der Waals surface area contributed by atoms with Crippen LogP contribution >= 0.6 is 0 Å². The van der Waals surface area contributed by atoms with E-state index in [9.17, 15) is 9.00 Å². The van der Waals surface area contributed by atoms with E-state index in [0.29, 0.717) is 19.0 Å². The fourth-order valence-electron chi connectivity index (χ4n) is 4.86. The third-order valence-corrected chi connectivity index (χ3v) is 8.61. The fourth-order valence-corrected chi connectivity index (χ4v) is 5.98. The van der Waals surface area contributed by atoms with Gasteiger partial charge in [0.25, 0.3) is 0 Å². The summed E-state index contributed by atoms with van der Waals surface area (Å²) in [6.07, 6.45) is 10.4. The number of hydrogen-bond donors (Lipinski definition) is 0. The van der Waals surface area contributed by atoms with Crippen molar-refractivity contribution in [3.05, 3.63) is 102 Å². The highest BCUT2D eigenvalue weighted by Crippen LogP contribution is 2.30. The van der Waals surface area contributed by atoms with Gasteiger partial charge in [0.1, 0.15) is 18.1 Å². The van der Waals surface area contributed by atoms with Crippen molar-refractivity contribution in [2.24, 2.45) is 0 Å². The van der Waals surface area contributed by atoms with Crippen LogP contribution in [0, 0.1) is 0 Å². The summed E-state index contributed by atoms with van der Waals surface area (Å²) in [5.74, 6) is 1.90. The molecule has 1 atom stereocenters. The summed E-state index contributed by atoms with van der Waals surface area (Å²) in [5, 5.41) is 0. The van der Waals surface area contributed by atoms with Gasteiger partial charge < -0.3 is 18.8 Å². The largest absolute Gasteiger partial charge is 0.491 e. The average Bonchev–Trinajstić information content (AvgIpc) is 3.49. The highest BCUT2D eigenvalue weighted by molar-refractivity contribution is 7.84. The van der Waals surface area contributed by atoms with E-state index < -0.39 is 10.8 Å². The number of benzene rings is 3. The maximum atomic E-state index is 13.0. The van der Waals surface area contributed by atoms with Crippen LogP contribution in [0.1, 0.15) is 63.8 Å². The summed E-state index contributed by atoms with van der Waals surface area (Å²) < 4.78 is 32.5. The van der Waals surface area contributed by atoms with Crippen LogP contribution < -0.4 is 9.47 Å². The number of carbonyl (C=O) groups is 1. The Hall–Kier alpha value is -4.01. The summed E-state index contributed by atoms with van der Waals surface area (Å²) in [4.78, 5) is 17.9. The molecular weight excluding hydrogens is 596 g/mol. The normalized spacial score (nSPS) is 12.1. The Kier molecular flexibility index (Phi) is 13.8. The Balaban J connectivity index is 1.38. The Bertz CT molecular complexity index is 1580. The number of ketones is 1. The lowest BCUT2D eigenvalue weighted by atomic mass is 10.0. The number of nitrogens with zero attached hydrogens (tertiary/aromatic N) is 2. The molecule has 1 aromatic heterocycles. The summed E-state index contributed by atoms with van der Waals surface area (Å²) in [7, 11) is -1.19. The van der Waals surface area contributed by atoms with E-state index in [0.717, 1.165) is 76.8 Å². The molecule has 7 nitrogen and oxygen atoms in total. The Labute approximate surface area is 276 Å². The third kappa shape index (κ3) is 10.8. The molecular formula is C38H46N2O5S. The number of aryl methyl sites for hydroxylation is 1. The second kappa shape index (κ2) is 18.2. The van der Waals surface area contributed by atoms with Crippen LogP contribution in [0.15, 0.2) is 90.2 Å². The highest BCUT2D eigenvalue weighted by atomic mass is 32.2. The van der Waals surface area contributed by atoms with Gasteiger partial charge in [-0.1, -0.05) is 50.6 Å². The van der Waals surface area contributed by atoms with E-state index in [1.807, 2.05) is 91.2 Å². The summed E-state index contributed by atoms with van der Waals surface area (Å²) in [5.41, 5.74) is 4.71. The monoisotopic (exact) mass is 642 g/mol. The Morgan fingerprint density at radius 3 is 2.41 bits per heavy atom. The van der Waals surface area contributed by atoms with Crippen molar-refractivity contribution in [2.45, 2.75) is 76.7 Å². The molecule has 0 saturated carbocycles. The fraction of sp³-hybridized carbons (Fsp3) is 0.368. The zero-order chi connectivity index (χ0) is 32.7. The number of unbranched alkanes of at least 4 members (excludes halogenated alkanes) is 1. The lowest BCUT2D eigenvalue weighted by Crippen LogP contribution is -2.07. The molecule has 0 aliphatic rings. The topological polar surface area (TPSA) is 79.7 Å². The molecule has 0 aliphatic carbocycles. The minimum Gasteiger partial charge on any atom is -0.491 e. The van der Waals surface area contributed by atoms with Crippen molar-refractivity contribution in [3.63, 3.8) is 0 Å². The van der Waals surface area contributed by atoms with Crippen LogP contribution in [-0.2, 0) is 39.0 Å². The molecule has 46 heavy (non-hydrogen) atoms. The van der Waals surface area contributed by atoms with Gasteiger partial charge in [0.05, 0.1) is 41.3 Å². The SMILES string of the molecule is CCCCOCCOc1ccc(-c2ccc(OC(C)C)c(/C=C/C(=O)Cc3ccc(S(=O)Cc4cncn4CCC)cc3)c2)cc1. The van der Waals surface area contributed by atoms with Crippen LogP contribution in [0.4, 0.5) is 0 Å². The molecule has 4 aromatic rings. The molecule has 0 aliphatic heterocycles. The van der Waals surface area contributed by atoms with Crippen LogP contribution in [0.25, 0.3) is 17.2 Å². The first-order valence-corrected chi connectivity index (χ1v) is 17.5. The molecule has 4 rings (SSSR count). The van der Waals surface area contributed by atoms with Crippen LogP contribution in [0.5, 0.6) is 11.5 Å². The summed E-state index contributed by atoms with van der Waals surface area (Å²) in [6, 6.07) is 21.4. The zero-order valence-corrected chi connectivity index (χ0v) is 28.3. The van der Waals surface area contributed by atoms with Gasteiger partial charge in [-0.3, -0.25) is 9.00 Å². The Morgan fingerprint density at radius 1 is 0.935 bits per heavy atom. The molecule has 0 spiro atoms. The van der Waals surface area contributed by atoms with Gasteiger partial charge in [0, 0.05) is 36.2 Å². The Morgan fingerprint density at radius 2 is 1.70 bits per heavy atom. The minimum atomic E-state index is -1.19. The molecule has 0 radical (unpaired) electrons. The van der Waals surface area contributed by atoms with Crippen molar-refractivity contribution >= 4 is 22.7 Å². The number of carbonyl (C=O) groups excluding carboxylic acids is 1. The van der Waals surface area contributed by atoms with Gasteiger partial charge >= 0.3 is 0 Å². The minimum absolute atomic E-state index is 0.00708. The van der Waals surface area contributed by atoms with Crippen molar-refractivity contribution in [1.29, 1.82) is 0 Å². The van der Waals surface area contributed by atoms with E-state index in [2.05, 4.69) is 18.8 Å². The van der Waals surface area contributed by atoms with Gasteiger partial charge in [0.15, 0.2) is 5.78 Å². The highest BCUT2D eigenvalue weighted by Gasteiger charge is 2.11. The van der Waals surface area contributed by atoms with E-state index in [1.54, 1.807) is 18.6 Å². The van der Waals surface area contributed by atoms with Gasteiger partial charge in [-0.05, 0) is 91.9 Å². The van der Waals surface area contributed by atoms with Crippen molar-refractivity contribution in [1.82, 2.24) is 9.55 Å². The van der Waals surface area contributed by atoms with Gasteiger partial charge in [-0.25, -0.2) is 4.98 Å². The van der Waals surface area contributed by atoms with E-state index in [1.165, 1.54) is 0 Å². The first-order valence-electron chi connectivity index (χ1n) is 16.1. The number of aromatic nitrogens is 2. The summed E-state index contributed by atoms with van der Waals surface area (Å²) in [6.45, 7) is 10.9. The average molecular weight is 643 g/mol. The van der Waals surface area contributed by atoms with Crippen LogP contribution in [-0.4, -0.2) is 45.5 Å². The van der Waals surface area contributed by atoms with Gasteiger partial charge in [-0.15, -0.1) is 0 Å². The maximum Gasteiger partial charge on any atom is 0.160 e. The van der Waals surface area contributed by atoms with E-state index in [-0.39, 0.29) is 18.3 Å². The smallest absolute Gasteiger partial charge is 0.160 e. The molecule has 1 heterocycles. The molecule has 0 amide bonds. The van der Waals surface area contributed by atoms with E-state index >= 15 is 0 Å². The molecule has 0 saturated heterocycles. The zero-order valence-electron chi connectivity index (χ0n) is 27.4. The summed E-state index contributed by atoms with van der Waals surface area (Å²) >= 11 is 0. The lowest BCUT2D eigenvalue weighted by Gasteiger charge is -2.14. The number of imidazole rings is 1. The quantitative estimate of drug-likeness (QED) is 0.0760. The van der Waals surface area contributed by atoms with Crippen molar-refractivity contribution < 1.29 is 23.2 Å². The van der Waals surface area contributed by atoms with E-state index in [4.69, 9.17) is 14.2 Å². The van der Waals surface area contributed by atoms with Crippen molar-refractivity contribution in [3.8, 4) is 22.6 Å². The lowest BCUT2D eigenvalue weighted by molar-refractivity contribution is -0.113. The number of rotatable bonds is 19. The molecule has 0 bridgehead atoms.